The average Bonchev–Trinajstić information content (AvgIpc) is 2.56. The van der Waals surface area contributed by atoms with E-state index in [4.69, 9.17) is 0 Å². The number of fused-ring (bicyclic) bond motifs is 3. The Kier molecular flexibility index (Phi) is 2.97. The van der Waals surface area contributed by atoms with E-state index in [1.807, 2.05) is 12.2 Å². The fraction of sp³-hybridized carbons (Fsp3) is 0.0909. The van der Waals surface area contributed by atoms with E-state index in [2.05, 4.69) is 61.7 Å². The summed E-state index contributed by atoms with van der Waals surface area (Å²) in [7, 11) is 0. The van der Waals surface area contributed by atoms with Gasteiger partial charge in [-0.15, -0.1) is 0 Å². The second-order valence-electron chi connectivity index (χ2n) is 5.90. The Morgan fingerprint density at radius 3 is 1.41 bits per heavy atom. The molecule has 0 saturated heterocycles. The topological polar surface area (TPSA) is 0 Å². The van der Waals surface area contributed by atoms with Gasteiger partial charge in [-0.05, 0) is 92.3 Å². The first-order valence-electron chi connectivity index (χ1n) is 7.75. The smallest absolute Gasteiger partial charge is 0.0171 e. The third-order valence-corrected chi connectivity index (χ3v) is 4.53. The van der Waals surface area contributed by atoms with Gasteiger partial charge in [-0.1, -0.05) is 37.5 Å². The van der Waals surface area contributed by atoms with Crippen molar-refractivity contribution in [3.8, 4) is 0 Å². The van der Waals surface area contributed by atoms with Crippen LogP contribution in [0, 0.1) is 0 Å². The third-order valence-electron chi connectivity index (χ3n) is 4.53. The van der Waals surface area contributed by atoms with Crippen LogP contribution in [0.15, 0.2) is 49.6 Å². The lowest BCUT2D eigenvalue weighted by Crippen LogP contribution is -2.26. The summed E-state index contributed by atoms with van der Waals surface area (Å²) in [5.41, 5.74) is 2.28. The van der Waals surface area contributed by atoms with E-state index in [-0.39, 0.29) is 0 Å². The van der Waals surface area contributed by atoms with Crippen LogP contribution in [0.3, 0.4) is 0 Å². The molecule has 0 bridgehead atoms. The molecule has 0 heteroatoms. The van der Waals surface area contributed by atoms with E-state index in [0.717, 1.165) is 24.0 Å². The van der Waals surface area contributed by atoms with Gasteiger partial charge in [0, 0.05) is 0 Å². The molecule has 0 spiro atoms. The SMILES string of the molecule is C=Cc1cc2cc3cc4c(cc3cc2cc1C=C)=CCCC=4. The fourth-order valence-corrected chi connectivity index (χ4v) is 3.36. The van der Waals surface area contributed by atoms with Gasteiger partial charge in [-0.2, -0.15) is 0 Å². The van der Waals surface area contributed by atoms with Crippen molar-refractivity contribution in [2.45, 2.75) is 12.8 Å². The maximum Gasteiger partial charge on any atom is -0.0171 e. The predicted octanol–water partition coefficient (Wildman–Crippen LogP) is 4.63. The number of rotatable bonds is 2. The summed E-state index contributed by atoms with van der Waals surface area (Å²) in [6.07, 6.45) is 10.8. The summed E-state index contributed by atoms with van der Waals surface area (Å²) >= 11 is 0. The van der Waals surface area contributed by atoms with E-state index in [1.54, 1.807) is 0 Å². The largest absolute Gasteiger partial charge is 0.0984 e. The summed E-state index contributed by atoms with van der Waals surface area (Å²) in [5.74, 6) is 0. The van der Waals surface area contributed by atoms with Crippen molar-refractivity contribution in [2.24, 2.45) is 0 Å². The van der Waals surface area contributed by atoms with Crippen molar-refractivity contribution < 1.29 is 0 Å². The van der Waals surface area contributed by atoms with Gasteiger partial charge >= 0.3 is 0 Å². The van der Waals surface area contributed by atoms with Crippen molar-refractivity contribution in [2.75, 3.05) is 0 Å². The van der Waals surface area contributed by atoms with Crippen LogP contribution in [-0.4, -0.2) is 0 Å². The quantitative estimate of drug-likeness (QED) is 0.601. The summed E-state index contributed by atoms with van der Waals surface area (Å²) < 4.78 is 0. The summed E-state index contributed by atoms with van der Waals surface area (Å²) in [5, 5.41) is 7.85. The van der Waals surface area contributed by atoms with Gasteiger partial charge in [-0.25, -0.2) is 0 Å². The summed E-state index contributed by atoms with van der Waals surface area (Å²) in [4.78, 5) is 0. The Labute approximate surface area is 130 Å². The third kappa shape index (κ3) is 2.00. The summed E-state index contributed by atoms with van der Waals surface area (Å²) in [6, 6.07) is 13.6. The van der Waals surface area contributed by atoms with Gasteiger partial charge in [0.1, 0.15) is 0 Å². The number of benzene rings is 3. The van der Waals surface area contributed by atoms with Crippen LogP contribution in [0.1, 0.15) is 24.0 Å². The summed E-state index contributed by atoms with van der Waals surface area (Å²) in [6.45, 7) is 7.82. The molecule has 4 rings (SSSR count). The predicted molar refractivity (Wildman–Crippen MR) is 99.1 cm³/mol. The van der Waals surface area contributed by atoms with E-state index < -0.39 is 0 Å². The highest BCUT2D eigenvalue weighted by atomic mass is 14.1. The van der Waals surface area contributed by atoms with Crippen LogP contribution in [0.4, 0.5) is 0 Å². The van der Waals surface area contributed by atoms with Crippen molar-refractivity contribution in [3.63, 3.8) is 0 Å². The van der Waals surface area contributed by atoms with E-state index >= 15 is 0 Å². The fourth-order valence-electron chi connectivity index (χ4n) is 3.36. The molecule has 0 radical (unpaired) electrons. The van der Waals surface area contributed by atoms with Crippen LogP contribution in [0.2, 0.25) is 0 Å². The van der Waals surface area contributed by atoms with Crippen LogP contribution < -0.4 is 10.4 Å². The Balaban J connectivity index is 2.11. The molecule has 0 amide bonds. The molecule has 106 valence electrons. The number of hydrogen-bond acceptors (Lipinski definition) is 0. The molecular weight excluding hydrogens is 264 g/mol. The lowest BCUT2D eigenvalue weighted by atomic mass is 9.96. The van der Waals surface area contributed by atoms with E-state index in [1.165, 1.54) is 32.0 Å². The van der Waals surface area contributed by atoms with Crippen LogP contribution >= 0.6 is 0 Å². The van der Waals surface area contributed by atoms with Gasteiger partial charge in [0.15, 0.2) is 0 Å². The van der Waals surface area contributed by atoms with Gasteiger partial charge < -0.3 is 0 Å². The first-order valence-corrected chi connectivity index (χ1v) is 7.75. The average molecular weight is 282 g/mol. The molecule has 0 heterocycles. The Bertz CT molecular complexity index is 963. The molecule has 0 saturated carbocycles. The highest BCUT2D eigenvalue weighted by Crippen LogP contribution is 2.26. The lowest BCUT2D eigenvalue weighted by molar-refractivity contribution is 1.12. The van der Waals surface area contributed by atoms with Gasteiger partial charge in [0.05, 0.1) is 0 Å². The van der Waals surface area contributed by atoms with Crippen molar-refractivity contribution in [1.29, 1.82) is 0 Å². The highest BCUT2D eigenvalue weighted by Gasteiger charge is 2.04. The zero-order chi connectivity index (χ0) is 15.1. The molecule has 0 unspecified atom stereocenters. The Morgan fingerprint density at radius 1 is 0.591 bits per heavy atom. The molecule has 1 aliphatic rings. The van der Waals surface area contributed by atoms with Crippen LogP contribution in [-0.2, 0) is 0 Å². The molecule has 0 aromatic heterocycles. The molecule has 0 nitrogen and oxygen atoms in total. The molecule has 0 N–H and O–H groups in total. The molecule has 0 atom stereocenters. The van der Waals surface area contributed by atoms with Gasteiger partial charge in [-0.3, -0.25) is 0 Å². The molecule has 1 aliphatic carbocycles. The molecule has 3 aromatic carbocycles. The monoisotopic (exact) mass is 282 g/mol. The standard InChI is InChI=1S/C22H18/c1-3-15-9-19-13-21-11-17-7-5-6-8-18(17)12-22(21)14-20(19)10-16(15)4-2/h3-4,7-14H,1-2,5-6H2. The van der Waals surface area contributed by atoms with Crippen molar-refractivity contribution in [3.05, 3.63) is 71.1 Å². The molecule has 3 aromatic rings. The first kappa shape index (κ1) is 13.1. The van der Waals surface area contributed by atoms with Crippen molar-refractivity contribution >= 4 is 45.8 Å². The zero-order valence-electron chi connectivity index (χ0n) is 12.6. The molecular formula is C22H18. The van der Waals surface area contributed by atoms with Crippen molar-refractivity contribution in [1.82, 2.24) is 0 Å². The normalized spacial score (nSPS) is 13.3. The number of hydrogen-bond donors (Lipinski definition) is 0. The zero-order valence-corrected chi connectivity index (χ0v) is 12.6. The maximum absolute atomic E-state index is 3.91. The molecule has 0 fully saturated rings. The van der Waals surface area contributed by atoms with Crippen LogP contribution in [0.5, 0.6) is 0 Å². The van der Waals surface area contributed by atoms with E-state index in [9.17, 15) is 0 Å². The maximum atomic E-state index is 3.91. The minimum atomic E-state index is 1.14. The Morgan fingerprint density at radius 2 is 1.00 bits per heavy atom. The van der Waals surface area contributed by atoms with Crippen LogP contribution in [0.25, 0.3) is 45.8 Å². The second-order valence-corrected chi connectivity index (χ2v) is 5.90. The highest BCUT2D eigenvalue weighted by molar-refractivity contribution is 6.00. The molecule has 0 aliphatic heterocycles. The first-order chi connectivity index (χ1) is 10.8. The Hall–Kier alpha value is -2.60. The molecule has 22 heavy (non-hydrogen) atoms. The van der Waals surface area contributed by atoms with Gasteiger partial charge in [0.2, 0.25) is 0 Å². The second kappa shape index (κ2) is 4.99. The van der Waals surface area contributed by atoms with E-state index in [0.29, 0.717) is 0 Å². The van der Waals surface area contributed by atoms with Gasteiger partial charge in [0.25, 0.3) is 0 Å². The lowest BCUT2D eigenvalue weighted by Gasteiger charge is -2.08. The minimum Gasteiger partial charge on any atom is -0.0984 e. The minimum absolute atomic E-state index is 1.14.